The molecule has 2 heterocycles. The van der Waals surface area contributed by atoms with Crippen LogP contribution in [0.3, 0.4) is 0 Å². The third-order valence-electron chi connectivity index (χ3n) is 4.94. The van der Waals surface area contributed by atoms with Crippen LogP contribution in [0.4, 0.5) is 21.9 Å². The van der Waals surface area contributed by atoms with Crippen LogP contribution in [0.5, 0.6) is 5.75 Å². The fourth-order valence-electron chi connectivity index (χ4n) is 3.41. The number of anilines is 3. The molecule has 4 rings (SSSR count). The lowest BCUT2D eigenvalue weighted by atomic mass is 10.2. The Hall–Kier alpha value is -3.10. The first kappa shape index (κ1) is 19.2. The highest BCUT2D eigenvalue weighted by molar-refractivity contribution is 6.02. The Kier molecular flexibility index (Phi) is 5.92. The molecule has 1 saturated heterocycles. The fraction of sp³-hybridized carbons (Fsp3) is 0.333. The zero-order chi connectivity index (χ0) is 20.1. The van der Waals surface area contributed by atoms with Crippen molar-refractivity contribution >= 4 is 29.0 Å². The number of urea groups is 1. The van der Waals surface area contributed by atoms with Gasteiger partial charge in [-0.15, -0.1) is 0 Å². The first-order valence-electron chi connectivity index (χ1n) is 9.69. The van der Waals surface area contributed by atoms with Gasteiger partial charge in [-0.3, -0.25) is 9.69 Å². The molecule has 1 fully saturated rings. The molecule has 2 N–H and O–H groups in total. The van der Waals surface area contributed by atoms with Crippen LogP contribution >= 0.6 is 0 Å². The minimum Gasteiger partial charge on any atom is -0.482 e. The van der Waals surface area contributed by atoms with E-state index in [1.807, 2.05) is 30.3 Å². The van der Waals surface area contributed by atoms with Crippen molar-refractivity contribution < 1.29 is 19.1 Å². The third-order valence-corrected chi connectivity index (χ3v) is 4.94. The number of hydrogen-bond donors (Lipinski definition) is 2. The second-order valence-electron chi connectivity index (χ2n) is 6.92. The van der Waals surface area contributed by atoms with E-state index in [-0.39, 0.29) is 18.5 Å². The average molecular weight is 396 g/mol. The number of amides is 3. The van der Waals surface area contributed by atoms with Crippen LogP contribution in [-0.2, 0) is 9.53 Å². The summed E-state index contributed by atoms with van der Waals surface area (Å²) in [6, 6.07) is 14.2. The Morgan fingerprint density at radius 3 is 2.52 bits per heavy atom. The van der Waals surface area contributed by atoms with Gasteiger partial charge in [0.15, 0.2) is 6.61 Å². The number of fused-ring (bicyclic) bond motifs is 1. The molecule has 2 aliphatic rings. The lowest BCUT2D eigenvalue weighted by Crippen LogP contribution is -2.45. The second kappa shape index (κ2) is 8.93. The number of benzene rings is 2. The molecule has 2 aromatic carbocycles. The summed E-state index contributed by atoms with van der Waals surface area (Å²) in [7, 11) is 0. The molecule has 8 nitrogen and oxygen atoms in total. The quantitative estimate of drug-likeness (QED) is 0.811. The monoisotopic (exact) mass is 396 g/mol. The molecule has 2 aliphatic heterocycles. The second-order valence-corrected chi connectivity index (χ2v) is 6.92. The highest BCUT2D eigenvalue weighted by Crippen LogP contribution is 2.34. The Bertz CT molecular complexity index is 868. The Labute approximate surface area is 169 Å². The van der Waals surface area contributed by atoms with Gasteiger partial charge in [0.25, 0.3) is 5.91 Å². The van der Waals surface area contributed by atoms with E-state index in [1.54, 1.807) is 23.1 Å². The first-order valence-corrected chi connectivity index (χ1v) is 9.69. The predicted molar refractivity (Wildman–Crippen MR) is 111 cm³/mol. The smallest absolute Gasteiger partial charge is 0.323 e. The fourth-order valence-corrected chi connectivity index (χ4v) is 3.41. The molecule has 152 valence electrons. The summed E-state index contributed by atoms with van der Waals surface area (Å²) in [5.41, 5.74) is 1.97. The zero-order valence-corrected chi connectivity index (χ0v) is 16.1. The molecule has 0 unspecified atom stereocenters. The van der Waals surface area contributed by atoms with Gasteiger partial charge in [0.2, 0.25) is 0 Å². The van der Waals surface area contributed by atoms with Gasteiger partial charge < -0.3 is 25.0 Å². The van der Waals surface area contributed by atoms with Gasteiger partial charge >= 0.3 is 6.03 Å². The molecule has 0 aromatic heterocycles. The molecule has 3 amide bonds. The van der Waals surface area contributed by atoms with E-state index in [1.165, 1.54) is 0 Å². The van der Waals surface area contributed by atoms with Crippen LogP contribution in [0.2, 0.25) is 0 Å². The first-order chi connectivity index (χ1) is 14.2. The van der Waals surface area contributed by atoms with Crippen LogP contribution in [0.25, 0.3) is 0 Å². The van der Waals surface area contributed by atoms with Gasteiger partial charge in [0.05, 0.1) is 18.9 Å². The summed E-state index contributed by atoms with van der Waals surface area (Å²) in [5.74, 6) is 0.553. The topological polar surface area (TPSA) is 83.1 Å². The van der Waals surface area contributed by atoms with Crippen LogP contribution in [0.1, 0.15) is 0 Å². The van der Waals surface area contributed by atoms with Gasteiger partial charge in [-0.05, 0) is 30.3 Å². The molecule has 29 heavy (non-hydrogen) atoms. The number of hydrogen-bond acceptors (Lipinski definition) is 5. The summed E-state index contributed by atoms with van der Waals surface area (Å²) in [6.07, 6.45) is 0. The van der Waals surface area contributed by atoms with Crippen molar-refractivity contribution in [2.24, 2.45) is 0 Å². The van der Waals surface area contributed by atoms with Crippen molar-refractivity contribution in [1.82, 2.24) is 4.90 Å². The van der Waals surface area contributed by atoms with Gasteiger partial charge in [0.1, 0.15) is 5.75 Å². The zero-order valence-electron chi connectivity index (χ0n) is 16.1. The van der Waals surface area contributed by atoms with Gasteiger partial charge in [-0.1, -0.05) is 18.2 Å². The van der Waals surface area contributed by atoms with E-state index in [2.05, 4.69) is 15.5 Å². The van der Waals surface area contributed by atoms with Crippen LogP contribution in [0.15, 0.2) is 48.5 Å². The lowest BCUT2D eigenvalue weighted by molar-refractivity contribution is -0.121. The van der Waals surface area contributed by atoms with Crippen molar-refractivity contribution in [1.29, 1.82) is 0 Å². The molecule has 0 saturated carbocycles. The maximum Gasteiger partial charge on any atom is 0.323 e. The largest absolute Gasteiger partial charge is 0.482 e. The van der Waals surface area contributed by atoms with Crippen molar-refractivity contribution in [3.05, 3.63) is 48.5 Å². The van der Waals surface area contributed by atoms with Crippen LogP contribution in [0, 0.1) is 0 Å². The number of ether oxygens (including phenoxy) is 2. The summed E-state index contributed by atoms with van der Waals surface area (Å²) < 4.78 is 10.9. The number of morpholine rings is 1. The SMILES string of the molecule is O=C(Nc1ccccc1)Nc1ccc2c(c1)N(CCN1CCOCC1)C(=O)CO2. The highest BCUT2D eigenvalue weighted by atomic mass is 16.5. The molecule has 0 aliphatic carbocycles. The molecular formula is C21H24N4O4. The minimum absolute atomic E-state index is 0.0252. The van der Waals surface area contributed by atoms with Gasteiger partial charge in [0, 0.05) is 37.6 Å². The van der Waals surface area contributed by atoms with Crippen molar-refractivity contribution in [3.8, 4) is 5.75 Å². The molecule has 8 heteroatoms. The van der Waals surface area contributed by atoms with Gasteiger partial charge in [-0.25, -0.2) is 4.79 Å². The third kappa shape index (κ3) is 4.85. The van der Waals surface area contributed by atoms with E-state index in [9.17, 15) is 9.59 Å². The number of carbonyl (C=O) groups is 2. The normalized spacial score (nSPS) is 16.7. The minimum atomic E-state index is -0.348. The molecular weight excluding hydrogens is 372 g/mol. The maximum absolute atomic E-state index is 12.5. The predicted octanol–water partition coefficient (Wildman–Crippen LogP) is 2.39. The number of rotatable bonds is 5. The van der Waals surface area contributed by atoms with E-state index in [0.29, 0.717) is 29.4 Å². The number of nitrogens with one attached hydrogen (secondary N) is 2. The van der Waals surface area contributed by atoms with Gasteiger partial charge in [-0.2, -0.15) is 0 Å². The van der Waals surface area contributed by atoms with Crippen molar-refractivity contribution in [2.45, 2.75) is 0 Å². The average Bonchev–Trinajstić information content (AvgIpc) is 2.74. The summed E-state index contributed by atoms with van der Waals surface area (Å²) in [6.45, 7) is 4.53. The van der Waals surface area contributed by atoms with E-state index < -0.39 is 0 Å². The molecule has 0 bridgehead atoms. The molecule has 2 aromatic rings. The number of para-hydroxylation sites is 1. The summed E-state index contributed by atoms with van der Waals surface area (Å²) in [5, 5.41) is 5.59. The number of carbonyl (C=O) groups excluding carboxylic acids is 2. The standard InChI is InChI=1S/C21H24N4O4/c26-20-15-29-19-7-6-17(23-21(27)22-16-4-2-1-3-5-16)14-18(19)25(20)9-8-24-10-12-28-13-11-24/h1-7,14H,8-13,15H2,(H2,22,23,27). The van der Waals surface area contributed by atoms with Crippen molar-refractivity contribution in [3.63, 3.8) is 0 Å². The highest BCUT2D eigenvalue weighted by Gasteiger charge is 2.26. The Balaban J connectivity index is 1.44. The molecule has 0 radical (unpaired) electrons. The van der Waals surface area contributed by atoms with E-state index >= 15 is 0 Å². The molecule has 0 spiro atoms. The van der Waals surface area contributed by atoms with Crippen molar-refractivity contribution in [2.75, 3.05) is 61.5 Å². The lowest BCUT2D eigenvalue weighted by Gasteiger charge is -2.33. The summed E-state index contributed by atoms with van der Waals surface area (Å²) in [4.78, 5) is 28.7. The maximum atomic E-state index is 12.5. The molecule has 0 atom stereocenters. The Morgan fingerprint density at radius 1 is 0.966 bits per heavy atom. The Morgan fingerprint density at radius 2 is 1.72 bits per heavy atom. The number of nitrogens with zero attached hydrogens (tertiary/aromatic N) is 2. The summed E-state index contributed by atoms with van der Waals surface area (Å²) >= 11 is 0. The van der Waals surface area contributed by atoms with Crippen LogP contribution in [-0.4, -0.2) is 62.8 Å². The van der Waals surface area contributed by atoms with E-state index in [4.69, 9.17) is 9.47 Å². The van der Waals surface area contributed by atoms with Crippen LogP contribution < -0.4 is 20.3 Å². The van der Waals surface area contributed by atoms with E-state index in [0.717, 1.165) is 32.8 Å².